The van der Waals surface area contributed by atoms with Crippen molar-refractivity contribution >= 4 is 35.5 Å². The first-order valence-corrected chi connectivity index (χ1v) is 6.96. The van der Waals surface area contributed by atoms with Gasteiger partial charge in [-0.1, -0.05) is 64.9 Å². The number of hydrogen-bond acceptors (Lipinski definition) is 1. The third-order valence-electron chi connectivity index (χ3n) is 2.94. The molecule has 0 fully saturated rings. The van der Waals surface area contributed by atoms with E-state index in [0.29, 0.717) is 0 Å². The van der Waals surface area contributed by atoms with Gasteiger partial charge in [-0.2, -0.15) is 0 Å². The first kappa shape index (κ1) is 20.5. The van der Waals surface area contributed by atoms with Gasteiger partial charge < -0.3 is 5.32 Å². The Kier molecular flexibility index (Phi) is 17.4. The maximum absolute atomic E-state index is 11.0. The summed E-state index contributed by atoms with van der Waals surface area (Å²) in [5.74, 6) is -0.121. The van der Waals surface area contributed by atoms with Gasteiger partial charge in [-0.15, -0.1) is 0 Å². The summed E-state index contributed by atoms with van der Waals surface area (Å²) in [5.41, 5.74) is 0. The molecule has 0 saturated heterocycles. The van der Waals surface area contributed by atoms with Gasteiger partial charge in [0.15, 0.2) is 0 Å². The second-order valence-corrected chi connectivity index (χ2v) is 4.67. The second kappa shape index (κ2) is 15.3. The van der Waals surface area contributed by atoms with E-state index in [1.54, 1.807) is 0 Å². The summed E-state index contributed by atoms with van der Waals surface area (Å²) in [5, 5.41) is 2.78. The number of hydrogen-bond donors (Lipinski definition) is 1. The van der Waals surface area contributed by atoms with Gasteiger partial charge in [0.25, 0.3) is 0 Å². The van der Waals surface area contributed by atoms with Gasteiger partial charge in [-0.25, -0.2) is 0 Å². The third-order valence-corrected chi connectivity index (χ3v) is 2.94. The Morgan fingerprint density at radius 1 is 1.11 bits per heavy atom. The fourth-order valence-electron chi connectivity index (χ4n) is 1.86. The summed E-state index contributed by atoms with van der Waals surface area (Å²) in [6, 6.07) is 0.0283. The molecule has 1 radical (unpaired) electrons. The number of rotatable bonds is 11. The zero-order chi connectivity index (χ0) is 12.9. The standard InChI is InChI=1S/C15H28NO.Na.H/c1-4-6-7-8-9-10-11-12-13-14(3)16-15(17)5-2;;/h5,14H,2-4,6-13H2,1H3,(H,16,17);;. The normalized spacial score (nSPS) is 11.4. The fraction of sp³-hybridized carbons (Fsp3) is 0.733. The average molecular weight is 262 g/mol. The number of unbranched alkanes of at least 4 members (excludes halogenated alkanes) is 7. The Bertz CT molecular complexity index is 207. The molecule has 0 rings (SSSR count). The minimum absolute atomic E-state index is 0. The molecule has 0 spiro atoms. The van der Waals surface area contributed by atoms with Gasteiger partial charge >= 0.3 is 29.6 Å². The van der Waals surface area contributed by atoms with E-state index in [-0.39, 0.29) is 41.5 Å². The van der Waals surface area contributed by atoms with E-state index < -0.39 is 0 Å². The average Bonchev–Trinajstić information content (AvgIpc) is 2.32. The fourth-order valence-corrected chi connectivity index (χ4v) is 1.86. The summed E-state index contributed by atoms with van der Waals surface area (Å²) in [6.07, 6.45) is 12.8. The van der Waals surface area contributed by atoms with E-state index >= 15 is 0 Å². The van der Waals surface area contributed by atoms with Gasteiger partial charge in [-0.3, -0.25) is 4.79 Å². The molecular weight excluding hydrogens is 233 g/mol. The Labute approximate surface area is 135 Å². The zero-order valence-corrected chi connectivity index (χ0v) is 11.3. The molecular formula is C15H29NNaO. The van der Waals surface area contributed by atoms with E-state index in [9.17, 15) is 4.79 Å². The van der Waals surface area contributed by atoms with Crippen molar-refractivity contribution in [2.24, 2.45) is 0 Å². The van der Waals surface area contributed by atoms with Crippen LogP contribution in [0.25, 0.3) is 0 Å². The molecule has 3 heteroatoms. The molecule has 0 aromatic heterocycles. The van der Waals surface area contributed by atoms with Crippen molar-refractivity contribution in [1.29, 1.82) is 0 Å². The van der Waals surface area contributed by atoms with Gasteiger partial charge in [-0.05, 0) is 19.4 Å². The van der Waals surface area contributed by atoms with Crippen molar-refractivity contribution in [3.63, 3.8) is 0 Å². The van der Waals surface area contributed by atoms with Crippen LogP contribution >= 0.6 is 0 Å². The molecule has 1 N–H and O–H groups in total. The van der Waals surface area contributed by atoms with Crippen LogP contribution in [0.4, 0.5) is 0 Å². The second-order valence-electron chi connectivity index (χ2n) is 4.67. The maximum atomic E-state index is 11.0. The van der Waals surface area contributed by atoms with Crippen molar-refractivity contribution in [1.82, 2.24) is 5.32 Å². The van der Waals surface area contributed by atoms with E-state index in [1.807, 2.05) is 0 Å². The van der Waals surface area contributed by atoms with Crippen LogP contribution in [0.1, 0.15) is 64.7 Å². The molecule has 18 heavy (non-hydrogen) atoms. The number of nitrogens with one attached hydrogen (secondary N) is 1. The minimum atomic E-state index is -0.121. The van der Waals surface area contributed by atoms with Gasteiger partial charge in [0, 0.05) is 6.04 Å². The molecule has 0 aliphatic carbocycles. The van der Waals surface area contributed by atoms with Crippen LogP contribution in [-0.2, 0) is 4.79 Å². The zero-order valence-electron chi connectivity index (χ0n) is 11.3. The van der Waals surface area contributed by atoms with E-state index in [4.69, 9.17) is 0 Å². The molecule has 0 heterocycles. The van der Waals surface area contributed by atoms with Crippen molar-refractivity contribution < 1.29 is 4.79 Å². The molecule has 0 bridgehead atoms. The summed E-state index contributed by atoms with van der Waals surface area (Å²) in [6.45, 7) is 9.57. The van der Waals surface area contributed by atoms with Gasteiger partial charge in [0.2, 0.25) is 5.91 Å². The van der Waals surface area contributed by atoms with Crippen molar-refractivity contribution in [3.05, 3.63) is 19.6 Å². The number of amides is 1. The molecule has 0 aromatic rings. The molecule has 0 saturated carbocycles. The van der Waals surface area contributed by atoms with Gasteiger partial charge in [0.1, 0.15) is 0 Å². The Morgan fingerprint density at radius 3 is 2.11 bits per heavy atom. The Hall–Kier alpha value is 0.210. The molecule has 2 nitrogen and oxygen atoms in total. The first-order chi connectivity index (χ1) is 8.20. The van der Waals surface area contributed by atoms with E-state index in [0.717, 1.165) is 12.8 Å². The van der Waals surface area contributed by atoms with Crippen LogP contribution in [0.15, 0.2) is 12.7 Å². The SMILES string of the molecule is [CH2]C(CCCCCCCCCC)NC(=O)C=C.[NaH]. The summed E-state index contributed by atoms with van der Waals surface area (Å²) in [4.78, 5) is 11.0. The molecule has 0 aliphatic rings. The first-order valence-electron chi connectivity index (χ1n) is 6.96. The number of carbonyl (C=O) groups excluding carboxylic acids is 1. The quantitative estimate of drug-likeness (QED) is 0.345. The predicted molar refractivity (Wildman–Crippen MR) is 81.9 cm³/mol. The van der Waals surface area contributed by atoms with Crippen LogP contribution in [0.5, 0.6) is 0 Å². The Morgan fingerprint density at radius 2 is 1.61 bits per heavy atom. The van der Waals surface area contributed by atoms with Crippen molar-refractivity contribution in [2.75, 3.05) is 0 Å². The van der Waals surface area contributed by atoms with Crippen molar-refractivity contribution in [3.8, 4) is 0 Å². The van der Waals surface area contributed by atoms with Crippen LogP contribution in [0, 0.1) is 6.92 Å². The van der Waals surface area contributed by atoms with Crippen LogP contribution in [0.3, 0.4) is 0 Å². The summed E-state index contributed by atoms with van der Waals surface area (Å²) < 4.78 is 0. The van der Waals surface area contributed by atoms with Crippen LogP contribution in [0.2, 0.25) is 0 Å². The number of carbonyl (C=O) groups is 1. The Balaban J connectivity index is 0. The predicted octanol–water partition coefficient (Wildman–Crippen LogP) is 3.37. The van der Waals surface area contributed by atoms with Gasteiger partial charge in [0.05, 0.1) is 0 Å². The van der Waals surface area contributed by atoms with Crippen LogP contribution < -0.4 is 5.32 Å². The van der Waals surface area contributed by atoms with E-state index in [1.165, 1.54) is 51.0 Å². The molecule has 0 aromatic carbocycles. The topological polar surface area (TPSA) is 29.1 Å². The molecule has 0 aliphatic heterocycles. The summed E-state index contributed by atoms with van der Waals surface area (Å²) in [7, 11) is 0. The third kappa shape index (κ3) is 14.3. The monoisotopic (exact) mass is 262 g/mol. The molecule has 101 valence electrons. The molecule has 1 atom stereocenters. The summed E-state index contributed by atoms with van der Waals surface area (Å²) >= 11 is 0. The van der Waals surface area contributed by atoms with E-state index in [2.05, 4.69) is 25.7 Å². The van der Waals surface area contributed by atoms with Crippen molar-refractivity contribution in [2.45, 2.75) is 70.8 Å². The molecule has 1 unspecified atom stereocenters. The van der Waals surface area contributed by atoms with Crippen LogP contribution in [-0.4, -0.2) is 41.5 Å². The molecule has 1 amide bonds.